The van der Waals surface area contributed by atoms with E-state index in [1.165, 1.54) is 35.9 Å². The molecule has 42 heavy (non-hydrogen) atoms. The molecule has 1 atom stereocenters. The van der Waals surface area contributed by atoms with E-state index in [9.17, 15) is 8.76 Å². The molecule has 13 heteroatoms. The largest absolute Gasteiger partial charge is 0.494 e. The lowest BCUT2D eigenvalue weighted by atomic mass is 10.00. The van der Waals surface area contributed by atoms with Crippen LogP contribution in [0.5, 0.6) is 11.5 Å². The maximum atomic E-state index is 11.9. The molecule has 1 unspecified atom stereocenters. The Morgan fingerprint density at radius 1 is 1.10 bits per heavy atom. The van der Waals surface area contributed by atoms with Gasteiger partial charge in [-0.25, -0.2) is 9.19 Å². The number of ether oxygens (including phenoxy) is 2. The fourth-order valence-electron chi connectivity index (χ4n) is 5.22. The molecule has 228 valence electrons. The molecule has 1 aliphatic heterocycles. The van der Waals surface area contributed by atoms with Crippen LogP contribution in [0.1, 0.15) is 31.7 Å². The summed E-state index contributed by atoms with van der Waals surface area (Å²) in [5, 5.41) is 6.76. The standard InChI is InChI=1S/C29H40ClN7O4S/c1-7-9-19-16-23(26(41-6)17-24(19)37-14-12-20(13-15-37)35(2)3)33-29-31-18-21(30)28(34-29)32-22-10-8-11-25(40-5)27(22)36(4)42(38)39/h8,10-11,16-18,20H,7,9,12-15H2,1-6H3,(H,38,39)(H2,31,32,33,34). The quantitative estimate of drug-likeness (QED) is 0.219. The lowest BCUT2D eigenvalue weighted by Crippen LogP contribution is -2.42. The zero-order chi connectivity index (χ0) is 30.4. The summed E-state index contributed by atoms with van der Waals surface area (Å²) in [5.74, 6) is 1.72. The monoisotopic (exact) mass is 617 g/mol. The van der Waals surface area contributed by atoms with E-state index in [-0.39, 0.29) is 5.02 Å². The summed E-state index contributed by atoms with van der Waals surface area (Å²) in [6, 6.07) is 10.0. The van der Waals surface area contributed by atoms with Gasteiger partial charge in [0.15, 0.2) is 5.82 Å². The van der Waals surface area contributed by atoms with Crippen LogP contribution in [-0.2, 0) is 17.7 Å². The van der Waals surface area contributed by atoms with Gasteiger partial charge in [-0.2, -0.15) is 4.98 Å². The smallest absolute Gasteiger partial charge is 0.261 e. The molecule has 2 heterocycles. The predicted octanol–water partition coefficient (Wildman–Crippen LogP) is 5.69. The zero-order valence-corrected chi connectivity index (χ0v) is 26.6. The van der Waals surface area contributed by atoms with Crippen molar-refractivity contribution in [3.05, 3.63) is 47.1 Å². The second kappa shape index (κ2) is 14.2. The number of methoxy groups -OCH3 is 2. The molecule has 3 N–H and O–H groups in total. The van der Waals surface area contributed by atoms with Gasteiger partial charge in [0, 0.05) is 37.9 Å². The van der Waals surface area contributed by atoms with E-state index >= 15 is 0 Å². The van der Waals surface area contributed by atoms with Crippen LogP contribution >= 0.6 is 11.6 Å². The SMILES string of the molecule is CCCc1cc(Nc2ncc(Cl)c(Nc3cccc(OC)c3N(C)S(=O)O)n2)c(OC)cc1N1CCC(N(C)C)CC1. The molecule has 2 aromatic carbocycles. The number of nitrogens with one attached hydrogen (secondary N) is 2. The number of benzene rings is 2. The van der Waals surface area contributed by atoms with Gasteiger partial charge in [0.05, 0.1) is 31.8 Å². The van der Waals surface area contributed by atoms with Crippen molar-refractivity contribution in [1.29, 1.82) is 0 Å². The Kier molecular flexibility index (Phi) is 10.7. The Morgan fingerprint density at radius 2 is 1.81 bits per heavy atom. The van der Waals surface area contributed by atoms with Gasteiger partial charge >= 0.3 is 0 Å². The summed E-state index contributed by atoms with van der Waals surface area (Å²) in [6.07, 6.45) is 5.67. The summed E-state index contributed by atoms with van der Waals surface area (Å²) < 4.78 is 34.0. The average Bonchev–Trinajstić information content (AvgIpc) is 2.98. The van der Waals surface area contributed by atoms with Gasteiger partial charge in [-0.3, -0.25) is 8.86 Å². The Balaban J connectivity index is 1.64. The highest BCUT2D eigenvalue weighted by Gasteiger charge is 2.24. The minimum absolute atomic E-state index is 0.275. The third-order valence-electron chi connectivity index (χ3n) is 7.47. The highest BCUT2D eigenvalue weighted by Crippen LogP contribution is 2.40. The summed E-state index contributed by atoms with van der Waals surface area (Å²) in [7, 11) is 8.94. The van der Waals surface area contributed by atoms with Crippen molar-refractivity contribution >= 4 is 57.4 Å². The molecule has 0 amide bonds. The van der Waals surface area contributed by atoms with E-state index in [1.807, 2.05) is 0 Å². The van der Waals surface area contributed by atoms with Crippen LogP contribution in [0.15, 0.2) is 36.5 Å². The van der Waals surface area contributed by atoms with Crippen LogP contribution in [0, 0.1) is 0 Å². The first-order valence-electron chi connectivity index (χ1n) is 13.9. The third-order valence-corrected chi connectivity index (χ3v) is 8.40. The fourth-order valence-corrected chi connectivity index (χ4v) is 5.70. The maximum absolute atomic E-state index is 11.9. The number of nitrogens with zero attached hydrogens (tertiary/aromatic N) is 5. The van der Waals surface area contributed by atoms with Crippen LogP contribution in [0.4, 0.5) is 34.5 Å². The van der Waals surface area contributed by atoms with Gasteiger partial charge in [0.1, 0.15) is 22.2 Å². The number of aryl methyl sites for hydroxylation is 1. The Hall–Kier alpha value is -3.32. The molecule has 0 bridgehead atoms. The van der Waals surface area contributed by atoms with Crippen LogP contribution < -0.4 is 29.3 Å². The maximum Gasteiger partial charge on any atom is 0.261 e. The van der Waals surface area contributed by atoms with E-state index in [0.29, 0.717) is 40.7 Å². The molecule has 0 saturated carbocycles. The summed E-state index contributed by atoms with van der Waals surface area (Å²) >= 11 is 4.20. The van der Waals surface area contributed by atoms with Gasteiger partial charge in [0.25, 0.3) is 11.3 Å². The molecule has 1 aliphatic rings. The van der Waals surface area contributed by atoms with Crippen molar-refractivity contribution in [3.63, 3.8) is 0 Å². The summed E-state index contributed by atoms with van der Waals surface area (Å²) in [6.45, 7) is 4.17. The van der Waals surface area contributed by atoms with Crippen molar-refractivity contribution in [3.8, 4) is 11.5 Å². The lowest BCUT2D eigenvalue weighted by molar-refractivity contribution is 0.249. The highest BCUT2D eigenvalue weighted by atomic mass is 35.5. The van der Waals surface area contributed by atoms with Crippen molar-refractivity contribution < 1.29 is 18.2 Å². The van der Waals surface area contributed by atoms with Gasteiger partial charge in [-0.05, 0) is 57.1 Å². The number of hydrogen-bond acceptors (Lipinski definition) is 9. The molecule has 1 saturated heterocycles. The molecule has 0 aliphatic carbocycles. The normalized spacial score (nSPS) is 14.5. The van der Waals surface area contributed by atoms with Crippen LogP contribution in [0.2, 0.25) is 5.02 Å². The van der Waals surface area contributed by atoms with Crippen molar-refractivity contribution in [2.75, 3.05) is 68.3 Å². The predicted molar refractivity (Wildman–Crippen MR) is 172 cm³/mol. The first-order valence-corrected chi connectivity index (χ1v) is 15.3. The summed E-state index contributed by atoms with van der Waals surface area (Å²) in [5.41, 5.74) is 4.04. The number of piperidine rings is 1. The number of hydrogen-bond donors (Lipinski definition) is 3. The van der Waals surface area contributed by atoms with Crippen LogP contribution in [0.25, 0.3) is 0 Å². The average molecular weight is 618 g/mol. The minimum Gasteiger partial charge on any atom is -0.494 e. The molecular weight excluding hydrogens is 578 g/mol. The molecule has 3 aromatic rings. The molecule has 1 aromatic heterocycles. The number of rotatable bonds is 12. The molecular formula is C29H40ClN7O4S. The molecule has 4 rings (SSSR count). The lowest BCUT2D eigenvalue weighted by Gasteiger charge is -2.37. The summed E-state index contributed by atoms with van der Waals surface area (Å²) in [4.78, 5) is 13.8. The third kappa shape index (κ3) is 7.17. The molecule has 1 fully saturated rings. The minimum atomic E-state index is -2.28. The number of para-hydroxylation sites is 1. The van der Waals surface area contributed by atoms with Gasteiger partial charge in [-0.15, -0.1) is 0 Å². The first kappa shape index (κ1) is 31.6. The molecule has 0 radical (unpaired) electrons. The van der Waals surface area contributed by atoms with E-state index < -0.39 is 11.3 Å². The second-order valence-electron chi connectivity index (χ2n) is 10.3. The van der Waals surface area contributed by atoms with E-state index in [4.69, 9.17) is 21.1 Å². The Bertz CT molecular complexity index is 1400. The first-order chi connectivity index (χ1) is 20.2. The van der Waals surface area contributed by atoms with Crippen LogP contribution in [-0.4, -0.2) is 78.1 Å². The van der Waals surface area contributed by atoms with Gasteiger partial charge in [0.2, 0.25) is 5.95 Å². The molecule has 11 nitrogen and oxygen atoms in total. The van der Waals surface area contributed by atoms with Crippen molar-refractivity contribution in [1.82, 2.24) is 14.9 Å². The fraction of sp³-hybridized carbons (Fsp3) is 0.448. The van der Waals surface area contributed by atoms with E-state index in [2.05, 4.69) is 63.6 Å². The number of anilines is 6. The van der Waals surface area contributed by atoms with Crippen molar-refractivity contribution in [2.24, 2.45) is 0 Å². The van der Waals surface area contributed by atoms with E-state index in [1.54, 1.807) is 25.3 Å². The Labute approximate surface area is 255 Å². The van der Waals surface area contributed by atoms with E-state index in [0.717, 1.165) is 44.5 Å². The topological polar surface area (TPSA) is 115 Å². The second-order valence-corrected chi connectivity index (χ2v) is 11.8. The van der Waals surface area contributed by atoms with Crippen LogP contribution in [0.3, 0.4) is 0 Å². The van der Waals surface area contributed by atoms with Gasteiger partial charge < -0.3 is 29.9 Å². The highest BCUT2D eigenvalue weighted by molar-refractivity contribution is 7.80. The zero-order valence-electron chi connectivity index (χ0n) is 25.0. The number of aromatic nitrogens is 2. The van der Waals surface area contributed by atoms with Crippen molar-refractivity contribution in [2.45, 2.75) is 38.6 Å². The Morgan fingerprint density at radius 3 is 2.43 bits per heavy atom. The van der Waals surface area contributed by atoms with Gasteiger partial charge in [-0.1, -0.05) is 31.0 Å². The number of halogens is 1. The molecule has 0 spiro atoms.